The molecule has 0 bridgehead atoms. The van der Waals surface area contributed by atoms with Crippen LogP contribution in [0, 0.1) is 0 Å². The summed E-state index contributed by atoms with van der Waals surface area (Å²) in [5.41, 5.74) is 0.441. The molecule has 0 aliphatic carbocycles. The lowest BCUT2D eigenvalue weighted by atomic mass is 9.80. The van der Waals surface area contributed by atoms with Gasteiger partial charge in [-0.1, -0.05) is 12.1 Å². The lowest BCUT2D eigenvalue weighted by Crippen LogP contribution is -2.46. The van der Waals surface area contributed by atoms with Gasteiger partial charge in [0.15, 0.2) is 0 Å². The number of nitrogens with zero attached hydrogens (tertiary/aromatic N) is 1. The summed E-state index contributed by atoms with van der Waals surface area (Å²) in [5, 5.41) is 18.2. The second kappa shape index (κ2) is 7.08. The molecule has 5 nitrogen and oxygen atoms in total. The highest BCUT2D eigenvalue weighted by atomic mass is 16.5. The molecule has 2 atom stereocenters. The molecular weight excluding hydrogens is 257 g/mol. The van der Waals surface area contributed by atoms with Crippen LogP contribution in [0.2, 0.25) is 0 Å². The summed E-state index contributed by atoms with van der Waals surface area (Å²) in [6.45, 7) is 7.41. The van der Waals surface area contributed by atoms with E-state index in [1.165, 1.54) is 0 Å². The van der Waals surface area contributed by atoms with E-state index in [2.05, 4.69) is 18.7 Å². The predicted molar refractivity (Wildman–Crippen MR) is 78.2 cm³/mol. The Bertz CT molecular complexity index is 419. The maximum atomic E-state index is 9.11. The maximum Gasteiger partial charge on any atom is 0.488 e. The molecular formula is C14H22BNO4. The van der Waals surface area contributed by atoms with E-state index in [9.17, 15) is 0 Å². The molecule has 0 saturated carbocycles. The van der Waals surface area contributed by atoms with E-state index in [0.717, 1.165) is 19.6 Å². The molecule has 0 spiro atoms. The number of hydrogen-bond donors (Lipinski definition) is 2. The highest BCUT2D eigenvalue weighted by Crippen LogP contribution is 2.11. The van der Waals surface area contributed by atoms with Crippen LogP contribution in [0.15, 0.2) is 24.3 Å². The standard InChI is InChI=1S/C14H22BNO4/c1-11-9-16(10-12(2)20-11)6-7-19-14-5-3-4-13(8-14)15(17)18/h3-5,8,11-12,17-18H,6-7,9-10H2,1-2H3/t11-,12+. The Morgan fingerprint density at radius 2 is 2.00 bits per heavy atom. The molecule has 0 aromatic heterocycles. The zero-order chi connectivity index (χ0) is 14.5. The molecule has 20 heavy (non-hydrogen) atoms. The van der Waals surface area contributed by atoms with Crippen LogP contribution in [0.1, 0.15) is 13.8 Å². The van der Waals surface area contributed by atoms with Crippen molar-refractivity contribution in [1.29, 1.82) is 0 Å². The van der Waals surface area contributed by atoms with Gasteiger partial charge in [-0.15, -0.1) is 0 Å². The third-order valence-electron chi connectivity index (χ3n) is 3.33. The van der Waals surface area contributed by atoms with Crippen molar-refractivity contribution in [3.63, 3.8) is 0 Å². The van der Waals surface area contributed by atoms with Gasteiger partial charge >= 0.3 is 7.12 Å². The topological polar surface area (TPSA) is 62.2 Å². The summed E-state index contributed by atoms with van der Waals surface area (Å²) < 4.78 is 11.4. The van der Waals surface area contributed by atoms with Crippen molar-refractivity contribution in [2.75, 3.05) is 26.2 Å². The quantitative estimate of drug-likeness (QED) is 0.734. The van der Waals surface area contributed by atoms with Crippen LogP contribution < -0.4 is 10.2 Å². The van der Waals surface area contributed by atoms with Crippen LogP contribution in [0.3, 0.4) is 0 Å². The number of ether oxygens (including phenoxy) is 2. The van der Waals surface area contributed by atoms with Gasteiger partial charge in [-0.05, 0) is 31.4 Å². The van der Waals surface area contributed by atoms with Crippen molar-refractivity contribution in [2.45, 2.75) is 26.1 Å². The van der Waals surface area contributed by atoms with E-state index in [0.29, 0.717) is 17.8 Å². The Morgan fingerprint density at radius 3 is 2.65 bits per heavy atom. The zero-order valence-corrected chi connectivity index (χ0v) is 12.0. The molecule has 1 aliphatic rings. The molecule has 2 rings (SSSR count). The highest BCUT2D eigenvalue weighted by Gasteiger charge is 2.21. The fraction of sp³-hybridized carbons (Fsp3) is 0.571. The van der Waals surface area contributed by atoms with E-state index in [1.807, 2.05) is 6.07 Å². The van der Waals surface area contributed by atoms with Crippen molar-refractivity contribution >= 4 is 12.6 Å². The van der Waals surface area contributed by atoms with Crippen LogP contribution in [0.4, 0.5) is 0 Å². The summed E-state index contributed by atoms with van der Waals surface area (Å²) in [6.07, 6.45) is 0.512. The van der Waals surface area contributed by atoms with Crippen LogP contribution >= 0.6 is 0 Å². The minimum absolute atomic E-state index is 0.256. The molecule has 1 heterocycles. The fourth-order valence-electron chi connectivity index (χ4n) is 2.52. The van der Waals surface area contributed by atoms with E-state index >= 15 is 0 Å². The summed E-state index contributed by atoms with van der Waals surface area (Å²) in [7, 11) is -1.46. The molecule has 1 aliphatic heterocycles. The summed E-state index contributed by atoms with van der Waals surface area (Å²) in [5.74, 6) is 0.657. The normalized spacial score (nSPS) is 23.6. The van der Waals surface area contributed by atoms with Gasteiger partial charge in [0.25, 0.3) is 0 Å². The van der Waals surface area contributed by atoms with E-state index in [1.54, 1.807) is 18.2 Å². The summed E-state index contributed by atoms with van der Waals surface area (Å²) >= 11 is 0. The van der Waals surface area contributed by atoms with Gasteiger partial charge in [-0.2, -0.15) is 0 Å². The van der Waals surface area contributed by atoms with E-state index in [4.69, 9.17) is 19.5 Å². The van der Waals surface area contributed by atoms with Gasteiger partial charge in [0.1, 0.15) is 12.4 Å². The van der Waals surface area contributed by atoms with Crippen LogP contribution in [0.5, 0.6) is 5.75 Å². The molecule has 110 valence electrons. The lowest BCUT2D eigenvalue weighted by Gasteiger charge is -2.35. The first-order chi connectivity index (χ1) is 9.54. The Labute approximate surface area is 120 Å². The van der Waals surface area contributed by atoms with Crippen molar-refractivity contribution in [2.24, 2.45) is 0 Å². The largest absolute Gasteiger partial charge is 0.492 e. The molecule has 1 fully saturated rings. The third kappa shape index (κ3) is 4.49. The first-order valence-corrected chi connectivity index (χ1v) is 7.01. The second-order valence-corrected chi connectivity index (χ2v) is 5.31. The van der Waals surface area contributed by atoms with E-state index in [-0.39, 0.29) is 12.2 Å². The molecule has 1 aromatic rings. The number of hydrogen-bond acceptors (Lipinski definition) is 5. The van der Waals surface area contributed by atoms with Gasteiger partial charge in [0.05, 0.1) is 12.2 Å². The summed E-state index contributed by atoms with van der Waals surface area (Å²) in [4.78, 5) is 2.32. The number of rotatable bonds is 5. The SMILES string of the molecule is C[C@@H]1CN(CCOc2cccc(B(O)O)c2)C[C@H](C)O1. The van der Waals surface area contributed by atoms with Gasteiger partial charge < -0.3 is 19.5 Å². The van der Waals surface area contributed by atoms with Crippen LogP contribution in [-0.2, 0) is 4.74 Å². The van der Waals surface area contributed by atoms with Crippen molar-refractivity contribution in [3.8, 4) is 5.75 Å². The molecule has 2 N–H and O–H groups in total. The molecule has 0 unspecified atom stereocenters. The van der Waals surface area contributed by atoms with Crippen LogP contribution in [0.25, 0.3) is 0 Å². The molecule has 0 amide bonds. The van der Waals surface area contributed by atoms with Gasteiger partial charge in [0, 0.05) is 19.6 Å². The first-order valence-electron chi connectivity index (χ1n) is 7.01. The lowest BCUT2D eigenvalue weighted by molar-refractivity contribution is -0.0699. The Balaban J connectivity index is 1.79. The summed E-state index contributed by atoms with van der Waals surface area (Å²) in [6, 6.07) is 6.87. The maximum absolute atomic E-state index is 9.11. The average molecular weight is 279 g/mol. The van der Waals surface area contributed by atoms with E-state index < -0.39 is 7.12 Å². The Hall–Kier alpha value is -1.08. The zero-order valence-electron chi connectivity index (χ0n) is 12.0. The second-order valence-electron chi connectivity index (χ2n) is 5.31. The van der Waals surface area contributed by atoms with Crippen LogP contribution in [-0.4, -0.2) is 60.5 Å². The van der Waals surface area contributed by atoms with Crippen molar-refractivity contribution in [1.82, 2.24) is 4.90 Å². The number of morpholine rings is 1. The fourth-order valence-corrected chi connectivity index (χ4v) is 2.52. The van der Waals surface area contributed by atoms with Gasteiger partial charge in [-0.3, -0.25) is 4.90 Å². The Morgan fingerprint density at radius 1 is 1.30 bits per heavy atom. The minimum Gasteiger partial charge on any atom is -0.492 e. The smallest absolute Gasteiger partial charge is 0.488 e. The average Bonchev–Trinajstić information content (AvgIpc) is 2.38. The molecule has 1 saturated heterocycles. The van der Waals surface area contributed by atoms with Crippen molar-refractivity contribution < 1.29 is 19.5 Å². The molecule has 0 radical (unpaired) electrons. The monoisotopic (exact) mass is 279 g/mol. The van der Waals surface area contributed by atoms with Gasteiger partial charge in [-0.25, -0.2) is 0 Å². The number of benzene rings is 1. The molecule has 6 heteroatoms. The minimum atomic E-state index is -1.46. The van der Waals surface area contributed by atoms with Crippen molar-refractivity contribution in [3.05, 3.63) is 24.3 Å². The highest BCUT2D eigenvalue weighted by molar-refractivity contribution is 6.58. The Kier molecular flexibility index (Phi) is 5.42. The molecule has 1 aromatic carbocycles. The predicted octanol–water partition coefficient (Wildman–Crippen LogP) is -0.146. The first kappa shape index (κ1) is 15.3. The third-order valence-corrected chi connectivity index (χ3v) is 3.33. The van der Waals surface area contributed by atoms with Gasteiger partial charge in [0.2, 0.25) is 0 Å².